The maximum Gasteiger partial charge on any atom is 0.307 e. The highest BCUT2D eigenvalue weighted by Gasteiger charge is 2.48. The highest BCUT2D eigenvalue weighted by atomic mass is 32.2. The zero-order chi connectivity index (χ0) is 14.1. The maximum atomic E-state index is 13.0. The molecule has 0 amide bonds. The van der Waals surface area contributed by atoms with E-state index in [9.17, 15) is 9.18 Å². The van der Waals surface area contributed by atoms with Gasteiger partial charge in [-0.25, -0.2) is 4.39 Å². The predicted molar refractivity (Wildman–Crippen MR) is 68.7 cm³/mol. The van der Waals surface area contributed by atoms with Crippen molar-refractivity contribution in [1.82, 2.24) is 10.1 Å². The van der Waals surface area contributed by atoms with Gasteiger partial charge in [-0.3, -0.25) is 4.79 Å². The Balaban J connectivity index is 1.59. The summed E-state index contributed by atoms with van der Waals surface area (Å²) < 4.78 is 18.1. The Kier molecular flexibility index (Phi) is 3.43. The molecule has 1 aromatic heterocycles. The molecular formula is C13H11FN2O3S. The minimum atomic E-state index is -0.830. The van der Waals surface area contributed by atoms with Gasteiger partial charge in [0.15, 0.2) is 5.82 Å². The molecule has 0 aliphatic heterocycles. The van der Waals surface area contributed by atoms with Crippen molar-refractivity contribution in [2.45, 2.75) is 23.0 Å². The van der Waals surface area contributed by atoms with Crippen LogP contribution < -0.4 is 0 Å². The van der Waals surface area contributed by atoms with E-state index < -0.39 is 11.9 Å². The molecule has 0 saturated heterocycles. The Hall–Kier alpha value is -1.89. The molecule has 7 heteroatoms. The molecule has 2 unspecified atom stereocenters. The number of carboxylic acid groups (broad SMARTS) is 1. The largest absolute Gasteiger partial charge is 0.481 e. The van der Waals surface area contributed by atoms with Gasteiger partial charge in [-0.05, 0) is 24.6 Å². The Morgan fingerprint density at radius 3 is 3.10 bits per heavy atom. The number of carbonyl (C=O) groups is 1. The molecule has 0 spiro atoms. The molecular weight excluding hydrogens is 283 g/mol. The van der Waals surface area contributed by atoms with Gasteiger partial charge in [0.2, 0.25) is 5.89 Å². The van der Waals surface area contributed by atoms with Crippen molar-refractivity contribution in [1.29, 1.82) is 0 Å². The van der Waals surface area contributed by atoms with Crippen molar-refractivity contribution < 1.29 is 18.8 Å². The van der Waals surface area contributed by atoms with E-state index in [1.165, 1.54) is 23.9 Å². The van der Waals surface area contributed by atoms with Crippen molar-refractivity contribution in [3.63, 3.8) is 0 Å². The number of halogens is 1. The van der Waals surface area contributed by atoms with E-state index in [0.717, 1.165) is 4.90 Å². The Labute approximate surface area is 118 Å². The van der Waals surface area contributed by atoms with Crippen molar-refractivity contribution in [3.05, 3.63) is 41.8 Å². The molecule has 0 bridgehead atoms. The fourth-order valence-corrected chi connectivity index (χ4v) is 2.71. The number of aliphatic carboxylic acids is 1. The second-order valence-corrected chi connectivity index (χ2v) is 5.63. The SMILES string of the molecule is O=C(O)C1CC1c1nc(CSc2cccc(F)c2)no1. The van der Waals surface area contributed by atoms with E-state index >= 15 is 0 Å². The quantitative estimate of drug-likeness (QED) is 0.854. The van der Waals surface area contributed by atoms with Gasteiger partial charge in [-0.2, -0.15) is 4.98 Å². The van der Waals surface area contributed by atoms with Crippen LogP contribution in [0.25, 0.3) is 0 Å². The molecule has 5 nitrogen and oxygen atoms in total. The van der Waals surface area contributed by atoms with Crippen molar-refractivity contribution >= 4 is 17.7 Å². The van der Waals surface area contributed by atoms with Crippen LogP contribution in [0.1, 0.15) is 24.1 Å². The maximum absolute atomic E-state index is 13.0. The molecule has 1 saturated carbocycles. The van der Waals surface area contributed by atoms with E-state index in [1.54, 1.807) is 12.1 Å². The summed E-state index contributed by atoms with van der Waals surface area (Å²) in [6.07, 6.45) is 0.550. The first-order valence-electron chi connectivity index (χ1n) is 6.07. The highest BCUT2D eigenvalue weighted by molar-refractivity contribution is 7.98. The summed E-state index contributed by atoms with van der Waals surface area (Å²) in [5, 5.41) is 12.7. The van der Waals surface area contributed by atoms with Crippen molar-refractivity contribution in [3.8, 4) is 0 Å². The van der Waals surface area contributed by atoms with E-state index in [4.69, 9.17) is 9.63 Å². The average molecular weight is 294 g/mol. The second-order valence-electron chi connectivity index (χ2n) is 4.58. The monoisotopic (exact) mass is 294 g/mol. The van der Waals surface area contributed by atoms with Crippen LogP contribution in [0, 0.1) is 11.7 Å². The van der Waals surface area contributed by atoms with Crippen LogP contribution in [0.2, 0.25) is 0 Å². The molecule has 1 aliphatic carbocycles. The van der Waals surface area contributed by atoms with Gasteiger partial charge in [0.25, 0.3) is 0 Å². The fraction of sp³-hybridized carbons (Fsp3) is 0.308. The van der Waals surface area contributed by atoms with E-state index in [1.807, 2.05) is 0 Å². The number of hydrogen-bond acceptors (Lipinski definition) is 5. The van der Waals surface area contributed by atoms with Gasteiger partial charge >= 0.3 is 5.97 Å². The van der Waals surface area contributed by atoms with Gasteiger partial charge in [-0.1, -0.05) is 11.2 Å². The summed E-state index contributed by atoms with van der Waals surface area (Å²) in [7, 11) is 0. The number of nitrogens with zero attached hydrogens (tertiary/aromatic N) is 2. The van der Waals surface area contributed by atoms with Crippen molar-refractivity contribution in [2.75, 3.05) is 0 Å². The van der Waals surface area contributed by atoms with Crippen LogP contribution in [-0.4, -0.2) is 21.2 Å². The molecule has 2 aromatic rings. The molecule has 1 fully saturated rings. The lowest BCUT2D eigenvalue weighted by Gasteiger charge is -1.97. The van der Waals surface area contributed by atoms with Gasteiger partial charge in [0, 0.05) is 4.90 Å². The van der Waals surface area contributed by atoms with Gasteiger partial charge < -0.3 is 9.63 Å². The lowest BCUT2D eigenvalue weighted by atomic mass is 10.3. The Bertz CT molecular complexity index is 646. The topological polar surface area (TPSA) is 76.2 Å². The number of thioether (sulfide) groups is 1. The normalized spacial score (nSPS) is 20.9. The standard InChI is InChI=1S/C13H11FN2O3S/c14-7-2-1-3-8(4-7)20-6-11-15-12(19-16-11)9-5-10(9)13(17)18/h1-4,9-10H,5-6H2,(H,17,18). The van der Waals surface area contributed by atoms with Crippen LogP contribution in [0.5, 0.6) is 0 Å². The summed E-state index contributed by atoms with van der Waals surface area (Å²) in [4.78, 5) is 15.7. The average Bonchev–Trinajstić information content (AvgIpc) is 3.09. The van der Waals surface area contributed by atoms with Crippen LogP contribution in [-0.2, 0) is 10.5 Å². The lowest BCUT2D eigenvalue weighted by molar-refractivity contribution is -0.138. The number of rotatable bonds is 5. The van der Waals surface area contributed by atoms with Crippen molar-refractivity contribution in [2.24, 2.45) is 5.92 Å². The summed E-state index contributed by atoms with van der Waals surface area (Å²) in [5.41, 5.74) is 0. The first-order valence-corrected chi connectivity index (χ1v) is 7.05. The molecule has 2 atom stereocenters. The third-order valence-electron chi connectivity index (χ3n) is 3.07. The summed E-state index contributed by atoms with van der Waals surface area (Å²) >= 11 is 1.40. The molecule has 1 aliphatic rings. The number of aromatic nitrogens is 2. The van der Waals surface area contributed by atoms with Crippen LogP contribution >= 0.6 is 11.8 Å². The molecule has 1 heterocycles. The third-order valence-corrected chi connectivity index (χ3v) is 4.06. The molecule has 0 radical (unpaired) electrons. The molecule has 20 heavy (non-hydrogen) atoms. The van der Waals surface area contributed by atoms with E-state index in [2.05, 4.69) is 10.1 Å². The zero-order valence-electron chi connectivity index (χ0n) is 10.3. The van der Waals surface area contributed by atoms with Gasteiger partial charge in [-0.15, -0.1) is 11.8 Å². The van der Waals surface area contributed by atoms with E-state index in [-0.39, 0.29) is 11.7 Å². The Morgan fingerprint density at radius 1 is 1.55 bits per heavy atom. The zero-order valence-corrected chi connectivity index (χ0v) is 11.1. The first-order chi connectivity index (χ1) is 9.63. The minimum Gasteiger partial charge on any atom is -0.481 e. The predicted octanol–water partition coefficient (Wildman–Crippen LogP) is 2.69. The fourth-order valence-electron chi connectivity index (χ4n) is 1.92. The third kappa shape index (κ3) is 2.82. The number of hydrogen-bond donors (Lipinski definition) is 1. The number of carboxylic acids is 1. The van der Waals surface area contributed by atoms with Gasteiger partial charge in [0.05, 0.1) is 17.6 Å². The van der Waals surface area contributed by atoms with E-state index in [0.29, 0.717) is 23.9 Å². The Morgan fingerprint density at radius 2 is 2.40 bits per heavy atom. The van der Waals surface area contributed by atoms with Gasteiger partial charge in [0.1, 0.15) is 5.82 Å². The smallest absolute Gasteiger partial charge is 0.307 e. The first kappa shape index (κ1) is 13.1. The summed E-state index contributed by atoms with van der Waals surface area (Å²) in [5.74, 6) is -0.350. The van der Waals surface area contributed by atoms with Crippen LogP contribution in [0.15, 0.2) is 33.7 Å². The van der Waals surface area contributed by atoms with Crippen LogP contribution in [0.3, 0.4) is 0 Å². The minimum absolute atomic E-state index is 0.159. The molecule has 1 aromatic carbocycles. The number of benzene rings is 1. The molecule has 3 rings (SSSR count). The molecule has 1 N–H and O–H groups in total. The summed E-state index contributed by atoms with van der Waals surface area (Å²) in [6.45, 7) is 0. The lowest BCUT2D eigenvalue weighted by Crippen LogP contribution is -1.99. The summed E-state index contributed by atoms with van der Waals surface area (Å²) in [6, 6.07) is 6.26. The second kappa shape index (κ2) is 5.24. The highest BCUT2D eigenvalue weighted by Crippen LogP contribution is 2.46. The van der Waals surface area contributed by atoms with Crippen LogP contribution in [0.4, 0.5) is 4.39 Å². The molecule has 104 valence electrons.